The summed E-state index contributed by atoms with van der Waals surface area (Å²) in [6, 6.07) is 21.9. The van der Waals surface area contributed by atoms with Crippen molar-refractivity contribution in [2.75, 3.05) is 4.90 Å². The van der Waals surface area contributed by atoms with Crippen molar-refractivity contribution in [1.29, 1.82) is 0 Å². The second-order valence-electron chi connectivity index (χ2n) is 11.7. The van der Waals surface area contributed by atoms with E-state index in [0.717, 1.165) is 14.7 Å². The molecule has 0 bridgehead atoms. The number of halogens is 1. The van der Waals surface area contributed by atoms with Gasteiger partial charge in [-0.05, 0) is 90.2 Å². The number of Topliss-reactive ketones (excluding diaryl/α,β-unsaturated/α-hetero) is 1. The van der Waals surface area contributed by atoms with Crippen LogP contribution < -0.4 is 9.64 Å². The summed E-state index contributed by atoms with van der Waals surface area (Å²) in [6.45, 7) is 1.94. The van der Waals surface area contributed by atoms with Crippen molar-refractivity contribution < 1.29 is 29.0 Å². The van der Waals surface area contributed by atoms with Crippen LogP contribution in [0.25, 0.3) is 0 Å². The van der Waals surface area contributed by atoms with Crippen LogP contribution in [0.5, 0.6) is 11.5 Å². The summed E-state index contributed by atoms with van der Waals surface area (Å²) >= 11 is 2.18. The zero-order valence-corrected chi connectivity index (χ0v) is 26.0. The van der Waals surface area contributed by atoms with Gasteiger partial charge in [0.05, 0.1) is 17.5 Å². The van der Waals surface area contributed by atoms with Gasteiger partial charge in [-0.1, -0.05) is 48.0 Å². The number of phenols is 1. The third-order valence-electron chi connectivity index (χ3n) is 9.21. The molecular weight excluding hydrogens is 669 g/mol. The largest absolute Gasteiger partial charge is 0.507 e. The monoisotopic (exact) mass is 697 g/mol. The Kier molecular flexibility index (Phi) is 7.11. The first-order valence-corrected chi connectivity index (χ1v) is 15.6. The predicted octanol–water partition coefficient (Wildman–Crippen LogP) is 6.21. The lowest BCUT2D eigenvalue weighted by atomic mass is 9.59. The smallest absolute Gasteiger partial charge is 0.238 e. The molecule has 7 rings (SSSR count). The van der Waals surface area contributed by atoms with E-state index in [4.69, 9.17) is 4.74 Å². The van der Waals surface area contributed by atoms with E-state index in [1.54, 1.807) is 31.2 Å². The van der Waals surface area contributed by atoms with Gasteiger partial charge in [0.15, 0.2) is 11.6 Å². The highest BCUT2D eigenvalue weighted by Crippen LogP contribution is 2.56. The molecule has 0 spiro atoms. The number of aromatic hydroxyl groups is 1. The molecule has 1 fully saturated rings. The Labute approximate surface area is 268 Å². The molecule has 0 radical (unpaired) electrons. The molecule has 3 aliphatic carbocycles. The first-order chi connectivity index (χ1) is 21.2. The van der Waals surface area contributed by atoms with E-state index < -0.39 is 23.7 Å². The average Bonchev–Trinajstić information content (AvgIpc) is 3.28. The van der Waals surface area contributed by atoms with Gasteiger partial charge in [-0.15, -0.1) is 0 Å². The van der Waals surface area contributed by atoms with Gasteiger partial charge < -0.3 is 9.84 Å². The summed E-state index contributed by atoms with van der Waals surface area (Å²) in [7, 11) is 0. The van der Waals surface area contributed by atoms with E-state index in [0.29, 0.717) is 46.7 Å². The highest BCUT2D eigenvalue weighted by Gasteiger charge is 2.56. The molecule has 3 aromatic carbocycles. The Bertz CT molecular complexity index is 1840. The minimum absolute atomic E-state index is 0.0723. The molecule has 1 saturated heterocycles. The van der Waals surface area contributed by atoms with E-state index in [1.165, 1.54) is 17.0 Å². The van der Waals surface area contributed by atoms with Crippen molar-refractivity contribution in [3.05, 3.63) is 122 Å². The van der Waals surface area contributed by atoms with Gasteiger partial charge in [0.2, 0.25) is 11.8 Å². The molecule has 2 amide bonds. The minimum atomic E-state index is -0.732. The molecule has 1 aliphatic heterocycles. The number of imide groups is 1. The maximum Gasteiger partial charge on any atom is 0.238 e. The second kappa shape index (κ2) is 11.0. The number of rotatable bonds is 5. The van der Waals surface area contributed by atoms with Crippen LogP contribution in [-0.2, 0) is 25.8 Å². The van der Waals surface area contributed by atoms with E-state index in [1.807, 2.05) is 48.5 Å². The maximum atomic E-state index is 14.0. The summed E-state index contributed by atoms with van der Waals surface area (Å²) in [4.78, 5) is 56.0. The fraction of sp³-hybridized carbons (Fsp3) is 0.222. The number of carbonyl (C=O) groups is 4. The maximum absolute atomic E-state index is 14.0. The number of carbonyl (C=O) groups excluding carboxylic acids is 4. The quantitative estimate of drug-likeness (QED) is 0.147. The Morgan fingerprint density at radius 2 is 1.68 bits per heavy atom. The van der Waals surface area contributed by atoms with Gasteiger partial charge in [0.1, 0.15) is 18.1 Å². The lowest BCUT2D eigenvalue weighted by Gasteiger charge is -2.42. The summed E-state index contributed by atoms with van der Waals surface area (Å²) in [5, 5.41) is 11.3. The molecule has 220 valence electrons. The number of nitrogens with zero attached hydrogens (tertiary/aromatic N) is 1. The normalized spacial score (nSPS) is 24.5. The number of hydrogen-bond acceptors (Lipinski definition) is 6. The van der Waals surface area contributed by atoms with E-state index in [-0.39, 0.29) is 35.6 Å². The summed E-state index contributed by atoms with van der Waals surface area (Å²) in [6.07, 6.45) is 3.83. The number of hydrogen-bond donors (Lipinski definition) is 1. The zero-order valence-electron chi connectivity index (χ0n) is 23.8. The van der Waals surface area contributed by atoms with Gasteiger partial charge in [-0.2, -0.15) is 0 Å². The van der Waals surface area contributed by atoms with Crippen LogP contribution in [0, 0.1) is 21.3 Å². The summed E-state index contributed by atoms with van der Waals surface area (Å²) in [5.74, 6) is -3.12. The van der Waals surface area contributed by atoms with Crippen molar-refractivity contribution in [1.82, 2.24) is 0 Å². The van der Waals surface area contributed by atoms with E-state index in [2.05, 4.69) is 22.6 Å². The van der Waals surface area contributed by atoms with E-state index >= 15 is 0 Å². The van der Waals surface area contributed by atoms with Gasteiger partial charge in [0.25, 0.3) is 0 Å². The Morgan fingerprint density at radius 3 is 2.41 bits per heavy atom. The highest BCUT2D eigenvalue weighted by molar-refractivity contribution is 14.1. The van der Waals surface area contributed by atoms with Crippen molar-refractivity contribution in [3.63, 3.8) is 0 Å². The molecule has 0 aromatic heterocycles. The lowest BCUT2D eigenvalue weighted by Crippen LogP contribution is -2.39. The first-order valence-electron chi connectivity index (χ1n) is 14.6. The zero-order chi connectivity index (χ0) is 30.7. The fourth-order valence-electron chi connectivity index (χ4n) is 7.18. The third-order valence-corrected chi connectivity index (χ3v) is 9.93. The average molecular weight is 698 g/mol. The number of ether oxygens (including phenoxy) is 1. The molecule has 4 atom stereocenters. The van der Waals surface area contributed by atoms with Crippen LogP contribution >= 0.6 is 22.6 Å². The highest BCUT2D eigenvalue weighted by atomic mass is 127. The fourth-order valence-corrected chi connectivity index (χ4v) is 7.54. The SMILES string of the molecule is CC1=CC(=O)C2=C(C[C@@H]3C(=CC[C@@H]4C(=O)N(c5ccc(I)cc5)C(=O)[C@@H]43)[C@@H]2c2ccc(OCc3ccccc3)cc2O)C1=O. The van der Waals surface area contributed by atoms with Crippen LogP contribution in [0.15, 0.2) is 107 Å². The van der Waals surface area contributed by atoms with Crippen LogP contribution in [-0.4, -0.2) is 28.5 Å². The molecule has 4 aliphatic rings. The number of benzene rings is 3. The van der Waals surface area contributed by atoms with Crippen molar-refractivity contribution in [3.8, 4) is 11.5 Å². The topological polar surface area (TPSA) is 101 Å². The number of phenolic OH excluding ortho intramolecular Hbond substituents is 1. The number of amides is 2. The molecule has 0 unspecified atom stereocenters. The molecule has 0 saturated carbocycles. The number of fused-ring (bicyclic) bond motifs is 3. The molecule has 44 heavy (non-hydrogen) atoms. The van der Waals surface area contributed by atoms with Crippen molar-refractivity contribution in [2.24, 2.45) is 17.8 Å². The van der Waals surface area contributed by atoms with Crippen LogP contribution in [0.4, 0.5) is 5.69 Å². The molecule has 3 aromatic rings. The van der Waals surface area contributed by atoms with Gasteiger partial charge in [0, 0.05) is 37.8 Å². The molecular formula is C36H28INO6. The minimum Gasteiger partial charge on any atom is -0.507 e. The molecule has 7 nitrogen and oxygen atoms in total. The Morgan fingerprint density at radius 1 is 0.932 bits per heavy atom. The van der Waals surface area contributed by atoms with Gasteiger partial charge >= 0.3 is 0 Å². The van der Waals surface area contributed by atoms with Gasteiger partial charge in [-0.3, -0.25) is 24.1 Å². The van der Waals surface area contributed by atoms with Crippen molar-refractivity contribution in [2.45, 2.75) is 32.3 Å². The lowest BCUT2D eigenvalue weighted by molar-refractivity contribution is -0.123. The van der Waals surface area contributed by atoms with Crippen LogP contribution in [0.3, 0.4) is 0 Å². The van der Waals surface area contributed by atoms with Crippen molar-refractivity contribution >= 4 is 51.7 Å². The molecule has 1 heterocycles. The Balaban J connectivity index is 1.28. The first kappa shape index (κ1) is 28.5. The summed E-state index contributed by atoms with van der Waals surface area (Å²) < 4.78 is 6.91. The van der Waals surface area contributed by atoms with Crippen LogP contribution in [0.2, 0.25) is 0 Å². The number of ketones is 2. The standard InChI is InChI=1S/C36H28INO6/c1-19-15-30(40)33-28(34(19)41)17-27-24(13-14-26-32(27)36(43)38(35(26)42)22-9-7-21(37)8-10-22)31(33)25-12-11-23(16-29(25)39)44-18-20-5-3-2-4-6-20/h2-13,15-16,26-27,31-32,39H,14,17-18H2,1H3/t26-,27+,31+,32-/m0/s1. The molecule has 8 heteroatoms. The number of anilines is 1. The van der Waals surface area contributed by atoms with Crippen LogP contribution in [0.1, 0.15) is 36.8 Å². The van der Waals surface area contributed by atoms with E-state index in [9.17, 15) is 24.3 Å². The summed E-state index contributed by atoms with van der Waals surface area (Å²) in [5.41, 5.74) is 3.79. The van der Waals surface area contributed by atoms with Gasteiger partial charge in [-0.25, -0.2) is 0 Å². The molecule has 1 N–H and O–H groups in total. The third kappa shape index (κ3) is 4.63. The number of allylic oxidation sites excluding steroid dienone is 6. The second-order valence-corrected chi connectivity index (χ2v) is 13.0. The predicted molar refractivity (Wildman–Crippen MR) is 172 cm³/mol. The Hall–Kier alpha value is -4.31.